The first kappa shape index (κ1) is 13.6. The van der Waals surface area contributed by atoms with Gasteiger partial charge in [-0.05, 0) is 52.2 Å². The van der Waals surface area contributed by atoms with Gasteiger partial charge < -0.3 is 9.84 Å². The Morgan fingerprint density at radius 3 is 2.72 bits per heavy atom. The van der Waals surface area contributed by atoms with E-state index >= 15 is 0 Å². The first-order valence-corrected chi connectivity index (χ1v) is 7.33. The van der Waals surface area contributed by atoms with Crippen molar-refractivity contribution in [3.8, 4) is 5.75 Å². The molecule has 18 heavy (non-hydrogen) atoms. The van der Waals surface area contributed by atoms with Gasteiger partial charge in [0.25, 0.3) is 0 Å². The number of benzene rings is 1. The predicted octanol–water partition coefficient (Wildman–Crippen LogP) is 4.10. The van der Waals surface area contributed by atoms with Gasteiger partial charge in [0.2, 0.25) is 0 Å². The number of aryl methyl sites for hydroxylation is 1. The van der Waals surface area contributed by atoms with Crippen LogP contribution in [0.2, 0.25) is 0 Å². The van der Waals surface area contributed by atoms with Crippen molar-refractivity contribution in [2.45, 2.75) is 19.4 Å². The van der Waals surface area contributed by atoms with Crippen LogP contribution in [0.1, 0.15) is 22.1 Å². The Hall–Kier alpha value is -0.840. The zero-order valence-electron chi connectivity index (χ0n) is 10.3. The lowest BCUT2D eigenvalue weighted by Gasteiger charge is -2.12. The number of aliphatic hydroxyl groups excluding tert-OH is 1. The molecule has 0 aliphatic heterocycles. The maximum absolute atomic E-state index is 10.2. The van der Waals surface area contributed by atoms with E-state index in [0.717, 1.165) is 21.3 Å². The Balaban J connectivity index is 2.13. The second kappa shape index (κ2) is 5.87. The molecule has 0 radical (unpaired) electrons. The third kappa shape index (κ3) is 3.13. The summed E-state index contributed by atoms with van der Waals surface area (Å²) in [5.41, 5.74) is 1.97. The first-order valence-electron chi connectivity index (χ1n) is 5.65. The number of hydrogen-bond acceptors (Lipinski definition) is 3. The molecule has 1 aromatic heterocycles. The lowest BCUT2D eigenvalue weighted by atomic mass is 10.0. The van der Waals surface area contributed by atoms with Gasteiger partial charge in [0.15, 0.2) is 0 Å². The molecule has 2 nitrogen and oxygen atoms in total. The Morgan fingerprint density at radius 2 is 2.17 bits per heavy atom. The summed E-state index contributed by atoms with van der Waals surface area (Å²) in [5, 5.41) is 12.3. The number of rotatable bonds is 4. The minimum absolute atomic E-state index is 0.472. The van der Waals surface area contributed by atoms with E-state index in [4.69, 9.17) is 4.74 Å². The van der Waals surface area contributed by atoms with Gasteiger partial charge in [-0.15, -0.1) is 11.3 Å². The standard InChI is InChI=1S/C14H15BrO2S/c1-9-5-10(3-4-14(9)17-2)13(16)7-12-6-11(15)8-18-12/h3-6,8,13,16H,7H2,1-2H3. The SMILES string of the molecule is COc1ccc(C(O)Cc2cc(Br)cs2)cc1C. The van der Waals surface area contributed by atoms with Gasteiger partial charge in [-0.2, -0.15) is 0 Å². The van der Waals surface area contributed by atoms with E-state index in [1.807, 2.05) is 36.6 Å². The summed E-state index contributed by atoms with van der Waals surface area (Å²) in [6.45, 7) is 1.98. The Kier molecular flexibility index (Phi) is 4.43. The molecule has 0 fully saturated rings. The van der Waals surface area contributed by atoms with Crippen LogP contribution in [-0.2, 0) is 6.42 Å². The average molecular weight is 327 g/mol. The highest BCUT2D eigenvalue weighted by molar-refractivity contribution is 9.10. The van der Waals surface area contributed by atoms with Crippen molar-refractivity contribution in [1.82, 2.24) is 0 Å². The molecule has 1 heterocycles. The highest BCUT2D eigenvalue weighted by Crippen LogP contribution is 2.27. The molecule has 0 amide bonds. The summed E-state index contributed by atoms with van der Waals surface area (Å²) in [6.07, 6.45) is 0.169. The molecule has 1 unspecified atom stereocenters. The van der Waals surface area contributed by atoms with Crippen LogP contribution < -0.4 is 4.74 Å². The number of halogens is 1. The Bertz CT molecular complexity index is 536. The quantitative estimate of drug-likeness (QED) is 0.916. The summed E-state index contributed by atoms with van der Waals surface area (Å²) >= 11 is 5.07. The minimum atomic E-state index is -0.472. The molecule has 2 rings (SSSR count). The van der Waals surface area contributed by atoms with E-state index < -0.39 is 6.10 Å². The third-order valence-electron chi connectivity index (χ3n) is 2.82. The molecule has 1 aromatic carbocycles. The summed E-state index contributed by atoms with van der Waals surface area (Å²) in [5.74, 6) is 0.852. The topological polar surface area (TPSA) is 29.5 Å². The number of thiophene rings is 1. The van der Waals surface area contributed by atoms with E-state index in [0.29, 0.717) is 6.42 Å². The van der Waals surface area contributed by atoms with Crippen LogP contribution in [0.15, 0.2) is 34.1 Å². The minimum Gasteiger partial charge on any atom is -0.496 e. The summed E-state index contributed by atoms with van der Waals surface area (Å²) < 4.78 is 6.29. The second-order valence-electron chi connectivity index (χ2n) is 4.18. The highest BCUT2D eigenvalue weighted by atomic mass is 79.9. The molecule has 0 aliphatic carbocycles. The van der Waals surface area contributed by atoms with Crippen molar-refractivity contribution < 1.29 is 9.84 Å². The fraction of sp³-hybridized carbons (Fsp3) is 0.286. The maximum atomic E-state index is 10.2. The van der Waals surface area contributed by atoms with Crippen molar-refractivity contribution in [1.29, 1.82) is 0 Å². The number of aliphatic hydroxyl groups is 1. The largest absolute Gasteiger partial charge is 0.496 e. The summed E-state index contributed by atoms with van der Waals surface area (Å²) in [6, 6.07) is 7.84. The van der Waals surface area contributed by atoms with Crippen molar-refractivity contribution in [3.05, 3.63) is 50.1 Å². The van der Waals surface area contributed by atoms with Crippen molar-refractivity contribution in [2.24, 2.45) is 0 Å². The van der Waals surface area contributed by atoms with E-state index in [-0.39, 0.29) is 0 Å². The van der Waals surface area contributed by atoms with Crippen LogP contribution in [0, 0.1) is 6.92 Å². The van der Waals surface area contributed by atoms with Crippen molar-refractivity contribution in [3.63, 3.8) is 0 Å². The molecule has 0 bridgehead atoms. The highest BCUT2D eigenvalue weighted by Gasteiger charge is 2.11. The normalized spacial score (nSPS) is 12.4. The zero-order chi connectivity index (χ0) is 13.1. The number of ether oxygens (including phenoxy) is 1. The van der Waals surface area contributed by atoms with E-state index in [1.165, 1.54) is 4.88 Å². The van der Waals surface area contributed by atoms with E-state index in [1.54, 1.807) is 18.4 Å². The Morgan fingerprint density at radius 1 is 1.39 bits per heavy atom. The lowest BCUT2D eigenvalue weighted by Crippen LogP contribution is -2.01. The van der Waals surface area contributed by atoms with Crippen LogP contribution in [-0.4, -0.2) is 12.2 Å². The van der Waals surface area contributed by atoms with Crippen LogP contribution in [0.4, 0.5) is 0 Å². The van der Waals surface area contributed by atoms with Gasteiger partial charge in [0.05, 0.1) is 13.2 Å². The van der Waals surface area contributed by atoms with Crippen molar-refractivity contribution in [2.75, 3.05) is 7.11 Å². The Labute approximate surface area is 119 Å². The van der Waals surface area contributed by atoms with Crippen LogP contribution in [0.25, 0.3) is 0 Å². The molecule has 0 saturated carbocycles. The molecule has 1 atom stereocenters. The molecule has 0 aliphatic rings. The molecule has 1 N–H and O–H groups in total. The summed E-state index contributed by atoms with van der Waals surface area (Å²) in [4.78, 5) is 1.17. The smallest absolute Gasteiger partial charge is 0.121 e. The van der Waals surface area contributed by atoms with Gasteiger partial charge in [-0.25, -0.2) is 0 Å². The maximum Gasteiger partial charge on any atom is 0.121 e. The van der Waals surface area contributed by atoms with E-state index in [2.05, 4.69) is 15.9 Å². The molecule has 0 spiro atoms. The van der Waals surface area contributed by atoms with Crippen LogP contribution in [0.3, 0.4) is 0 Å². The van der Waals surface area contributed by atoms with Crippen LogP contribution >= 0.6 is 27.3 Å². The fourth-order valence-corrected chi connectivity index (χ4v) is 3.37. The van der Waals surface area contributed by atoms with E-state index in [9.17, 15) is 5.11 Å². The zero-order valence-corrected chi connectivity index (χ0v) is 12.7. The van der Waals surface area contributed by atoms with Gasteiger partial charge in [-0.1, -0.05) is 6.07 Å². The van der Waals surface area contributed by atoms with Gasteiger partial charge in [0, 0.05) is 21.2 Å². The molecular weight excluding hydrogens is 312 g/mol. The lowest BCUT2D eigenvalue weighted by molar-refractivity contribution is 0.179. The average Bonchev–Trinajstić information content (AvgIpc) is 2.74. The predicted molar refractivity (Wildman–Crippen MR) is 78.4 cm³/mol. The summed E-state index contributed by atoms with van der Waals surface area (Å²) in [7, 11) is 1.65. The molecular formula is C14H15BrO2S. The third-order valence-corrected chi connectivity index (χ3v) is 4.54. The second-order valence-corrected chi connectivity index (χ2v) is 6.09. The molecule has 96 valence electrons. The monoisotopic (exact) mass is 326 g/mol. The van der Waals surface area contributed by atoms with Crippen LogP contribution in [0.5, 0.6) is 5.75 Å². The molecule has 0 saturated heterocycles. The van der Waals surface area contributed by atoms with Gasteiger partial charge in [0.1, 0.15) is 5.75 Å². The molecule has 4 heteroatoms. The molecule has 2 aromatic rings. The van der Waals surface area contributed by atoms with Gasteiger partial charge in [-0.3, -0.25) is 0 Å². The number of methoxy groups -OCH3 is 1. The fourth-order valence-electron chi connectivity index (χ4n) is 1.88. The van der Waals surface area contributed by atoms with Gasteiger partial charge >= 0.3 is 0 Å². The van der Waals surface area contributed by atoms with Crippen molar-refractivity contribution >= 4 is 27.3 Å². The number of hydrogen-bond donors (Lipinski definition) is 1. The first-order chi connectivity index (χ1) is 8.60.